The highest BCUT2D eigenvalue weighted by molar-refractivity contribution is 9.10. The molecule has 1 aromatic heterocycles. The number of nitrogens with zero attached hydrogens (tertiary/aromatic N) is 4. The minimum atomic E-state index is -0.593. The van der Waals surface area contributed by atoms with E-state index in [-0.39, 0.29) is 23.0 Å². The first-order chi connectivity index (χ1) is 13.0. The van der Waals surface area contributed by atoms with Gasteiger partial charge in [-0.1, -0.05) is 6.07 Å². The maximum absolute atomic E-state index is 9.35. The summed E-state index contributed by atoms with van der Waals surface area (Å²) in [5.74, 6) is 1.24. The number of hydrogen-bond acceptors (Lipinski definition) is 9. The Morgan fingerprint density at radius 3 is 2.78 bits per heavy atom. The third-order valence-electron chi connectivity index (χ3n) is 3.93. The first-order valence-electron chi connectivity index (χ1n) is 7.91. The molecule has 1 atom stereocenters. The van der Waals surface area contributed by atoms with E-state index >= 15 is 0 Å². The van der Waals surface area contributed by atoms with Crippen molar-refractivity contribution in [2.45, 2.75) is 13.0 Å². The maximum Gasteiger partial charge on any atom is 0.211 e. The number of nitrogens with one attached hydrogen (secondary N) is 2. The Labute approximate surface area is 163 Å². The number of nitriles is 2. The molecule has 0 bridgehead atoms. The second kappa shape index (κ2) is 7.40. The van der Waals surface area contributed by atoms with Gasteiger partial charge in [-0.2, -0.15) is 10.5 Å². The van der Waals surface area contributed by atoms with Gasteiger partial charge in [0.15, 0.2) is 6.19 Å². The van der Waals surface area contributed by atoms with Crippen LogP contribution in [0.15, 0.2) is 27.7 Å². The second-order valence-corrected chi connectivity index (χ2v) is 6.38. The van der Waals surface area contributed by atoms with E-state index in [1.54, 1.807) is 0 Å². The summed E-state index contributed by atoms with van der Waals surface area (Å²) in [6.45, 7) is 2.43. The van der Waals surface area contributed by atoms with Gasteiger partial charge in [-0.25, -0.2) is 9.98 Å². The number of benzene rings is 1. The molecule has 0 amide bonds. The fourth-order valence-electron chi connectivity index (χ4n) is 2.78. The van der Waals surface area contributed by atoms with E-state index in [1.807, 2.05) is 37.4 Å². The fourth-order valence-corrected chi connectivity index (χ4v) is 3.29. The van der Waals surface area contributed by atoms with Crippen molar-refractivity contribution < 1.29 is 4.74 Å². The standard InChI is InChI=1S/C17H15BrN8O/c1-2-27-11-4-3-8(5-10(11)18)14-12-13(21)9(6-19)15(22)25-16(12)26-17(24-14)23-7-20/h3-5,14H,2H2,1H3,(H6,21,22,23,24,25,26). The van der Waals surface area contributed by atoms with Gasteiger partial charge < -0.3 is 21.5 Å². The number of pyridine rings is 1. The SMILES string of the molecule is CCOc1ccc(C2N=C(NC#N)Nc3nc(N)c(C#N)c(N)c32)cc1Br. The average molecular weight is 427 g/mol. The minimum absolute atomic E-state index is 0.00563. The molecule has 9 nitrogen and oxygen atoms in total. The highest BCUT2D eigenvalue weighted by atomic mass is 79.9. The van der Waals surface area contributed by atoms with E-state index in [2.05, 4.69) is 36.5 Å². The number of aromatic nitrogens is 1. The molecule has 1 unspecified atom stereocenters. The molecule has 1 aliphatic heterocycles. The van der Waals surface area contributed by atoms with E-state index in [0.29, 0.717) is 23.7 Å². The van der Waals surface area contributed by atoms with Gasteiger partial charge in [-0.15, -0.1) is 0 Å². The molecule has 0 saturated heterocycles. The lowest BCUT2D eigenvalue weighted by atomic mass is 9.95. The molecule has 0 spiro atoms. The molecule has 0 saturated carbocycles. The Bertz CT molecular complexity index is 1020. The average Bonchev–Trinajstić information content (AvgIpc) is 2.63. The maximum atomic E-state index is 9.35. The summed E-state index contributed by atoms with van der Waals surface area (Å²) in [6, 6.07) is 6.87. The van der Waals surface area contributed by atoms with E-state index in [0.717, 1.165) is 10.0 Å². The van der Waals surface area contributed by atoms with Gasteiger partial charge in [0, 0.05) is 5.56 Å². The van der Waals surface area contributed by atoms with E-state index in [1.165, 1.54) is 0 Å². The highest BCUT2D eigenvalue weighted by Crippen LogP contribution is 2.41. The van der Waals surface area contributed by atoms with Crippen molar-refractivity contribution in [3.8, 4) is 18.0 Å². The van der Waals surface area contributed by atoms with Crippen molar-refractivity contribution in [2.24, 2.45) is 4.99 Å². The smallest absolute Gasteiger partial charge is 0.211 e. The summed E-state index contributed by atoms with van der Waals surface area (Å²) in [5, 5.41) is 23.6. The van der Waals surface area contributed by atoms with Gasteiger partial charge in [0.1, 0.15) is 35.1 Å². The van der Waals surface area contributed by atoms with Crippen LogP contribution in [0.2, 0.25) is 0 Å². The predicted octanol–water partition coefficient (Wildman–Crippen LogP) is 2.22. The number of aliphatic imine (C=N–C) groups is 1. The van der Waals surface area contributed by atoms with Gasteiger partial charge in [-0.3, -0.25) is 5.32 Å². The number of guanidine groups is 1. The zero-order valence-corrected chi connectivity index (χ0v) is 15.8. The largest absolute Gasteiger partial charge is 0.493 e. The number of rotatable bonds is 3. The molecular formula is C17H15BrN8O. The molecule has 2 heterocycles. The van der Waals surface area contributed by atoms with Crippen molar-refractivity contribution in [3.05, 3.63) is 39.4 Å². The van der Waals surface area contributed by atoms with Crippen molar-refractivity contribution in [3.63, 3.8) is 0 Å². The fraction of sp³-hybridized carbons (Fsp3) is 0.176. The van der Waals surface area contributed by atoms with Gasteiger partial charge in [0.2, 0.25) is 5.96 Å². The number of nitrogens with two attached hydrogens (primary N) is 2. The quantitative estimate of drug-likeness (QED) is 0.429. The number of nitrogen functional groups attached to an aromatic ring is 2. The molecule has 1 aromatic carbocycles. The number of ether oxygens (including phenoxy) is 1. The molecule has 0 radical (unpaired) electrons. The molecule has 2 aromatic rings. The molecule has 0 fully saturated rings. The summed E-state index contributed by atoms with van der Waals surface area (Å²) in [7, 11) is 0. The molecule has 136 valence electrons. The molecular weight excluding hydrogens is 412 g/mol. The third-order valence-corrected chi connectivity index (χ3v) is 4.55. The normalized spacial score (nSPS) is 14.8. The second-order valence-electron chi connectivity index (χ2n) is 5.52. The number of fused-ring (bicyclic) bond motifs is 1. The summed E-state index contributed by atoms with van der Waals surface area (Å²) in [4.78, 5) is 8.73. The van der Waals surface area contributed by atoms with Gasteiger partial charge in [-0.05, 0) is 40.5 Å². The minimum Gasteiger partial charge on any atom is -0.493 e. The van der Waals surface area contributed by atoms with Crippen LogP contribution in [0.25, 0.3) is 0 Å². The predicted molar refractivity (Wildman–Crippen MR) is 105 cm³/mol. The Balaban J connectivity index is 2.19. The Morgan fingerprint density at radius 1 is 1.37 bits per heavy atom. The van der Waals surface area contributed by atoms with Crippen LogP contribution in [-0.4, -0.2) is 17.6 Å². The third kappa shape index (κ3) is 3.30. The van der Waals surface area contributed by atoms with Gasteiger partial charge in [0.25, 0.3) is 0 Å². The van der Waals surface area contributed by atoms with Crippen LogP contribution < -0.4 is 26.8 Å². The molecule has 1 aliphatic rings. The van der Waals surface area contributed by atoms with Crippen LogP contribution in [-0.2, 0) is 0 Å². The molecule has 6 N–H and O–H groups in total. The van der Waals surface area contributed by atoms with Crippen LogP contribution in [0.4, 0.5) is 17.3 Å². The molecule has 0 aliphatic carbocycles. The van der Waals surface area contributed by atoms with Crippen LogP contribution in [0.5, 0.6) is 5.75 Å². The van der Waals surface area contributed by atoms with Crippen LogP contribution >= 0.6 is 15.9 Å². The van der Waals surface area contributed by atoms with E-state index in [4.69, 9.17) is 21.5 Å². The highest BCUT2D eigenvalue weighted by Gasteiger charge is 2.30. The first kappa shape index (κ1) is 18.3. The Morgan fingerprint density at radius 2 is 2.15 bits per heavy atom. The lowest BCUT2D eigenvalue weighted by Crippen LogP contribution is -2.32. The van der Waals surface area contributed by atoms with Crippen molar-refractivity contribution in [1.29, 1.82) is 10.5 Å². The van der Waals surface area contributed by atoms with E-state index in [9.17, 15) is 5.26 Å². The van der Waals surface area contributed by atoms with Crippen molar-refractivity contribution in [1.82, 2.24) is 10.3 Å². The molecule has 27 heavy (non-hydrogen) atoms. The number of halogens is 1. The number of anilines is 3. The first-order valence-corrected chi connectivity index (χ1v) is 8.70. The van der Waals surface area contributed by atoms with Crippen LogP contribution in [0.3, 0.4) is 0 Å². The Hall–Kier alpha value is -3.50. The van der Waals surface area contributed by atoms with Crippen molar-refractivity contribution >= 4 is 39.2 Å². The summed E-state index contributed by atoms with van der Waals surface area (Å²) < 4.78 is 6.28. The summed E-state index contributed by atoms with van der Waals surface area (Å²) in [5.41, 5.74) is 13.6. The number of hydrogen-bond donors (Lipinski definition) is 4. The van der Waals surface area contributed by atoms with Crippen LogP contribution in [0, 0.1) is 22.8 Å². The topological polar surface area (TPSA) is 158 Å². The zero-order valence-electron chi connectivity index (χ0n) is 14.2. The Kier molecular flexibility index (Phi) is 5.01. The monoisotopic (exact) mass is 426 g/mol. The van der Waals surface area contributed by atoms with Gasteiger partial charge in [0.05, 0.1) is 16.8 Å². The van der Waals surface area contributed by atoms with Crippen molar-refractivity contribution in [2.75, 3.05) is 23.4 Å². The summed E-state index contributed by atoms with van der Waals surface area (Å²) in [6.07, 6.45) is 1.81. The lowest BCUT2D eigenvalue weighted by Gasteiger charge is -2.26. The van der Waals surface area contributed by atoms with Crippen LogP contribution in [0.1, 0.15) is 29.7 Å². The lowest BCUT2D eigenvalue weighted by molar-refractivity contribution is 0.338. The zero-order chi connectivity index (χ0) is 19.6. The summed E-state index contributed by atoms with van der Waals surface area (Å²) >= 11 is 3.48. The molecule has 10 heteroatoms. The molecule has 3 rings (SSSR count). The van der Waals surface area contributed by atoms with Gasteiger partial charge >= 0.3 is 0 Å². The van der Waals surface area contributed by atoms with E-state index < -0.39 is 6.04 Å².